The first-order valence-corrected chi connectivity index (χ1v) is 6.83. The van der Waals surface area contributed by atoms with Crippen LogP contribution in [-0.2, 0) is 0 Å². The molecule has 0 amide bonds. The zero-order valence-corrected chi connectivity index (χ0v) is 11.7. The molecule has 19 heavy (non-hydrogen) atoms. The van der Waals surface area contributed by atoms with Gasteiger partial charge in [-0.15, -0.1) is 0 Å². The third kappa shape index (κ3) is 2.56. The first kappa shape index (κ1) is 12.4. The second-order valence-corrected chi connectivity index (χ2v) is 5.32. The molecule has 6 heteroatoms. The zero-order chi connectivity index (χ0) is 13.4. The summed E-state index contributed by atoms with van der Waals surface area (Å²) in [5, 5.41) is 3.88. The molecule has 5 nitrogen and oxygen atoms in total. The quantitative estimate of drug-likeness (QED) is 0.842. The Bertz CT molecular complexity index is 577. The Labute approximate surface area is 116 Å². The fourth-order valence-corrected chi connectivity index (χ4v) is 2.13. The molecule has 0 aliphatic heterocycles. The van der Waals surface area contributed by atoms with Crippen LogP contribution in [0.15, 0.2) is 12.4 Å². The van der Waals surface area contributed by atoms with E-state index in [1.807, 2.05) is 20.0 Å². The smallest absolute Gasteiger partial charge is 0.137 e. The van der Waals surface area contributed by atoms with E-state index < -0.39 is 0 Å². The van der Waals surface area contributed by atoms with Gasteiger partial charge in [-0.25, -0.2) is 15.0 Å². The number of aromatic amines is 1. The molecule has 0 spiro atoms. The van der Waals surface area contributed by atoms with Gasteiger partial charge in [0, 0.05) is 23.9 Å². The lowest BCUT2D eigenvalue weighted by Gasteiger charge is -2.15. The maximum Gasteiger partial charge on any atom is 0.137 e. The van der Waals surface area contributed by atoms with Crippen LogP contribution in [0.3, 0.4) is 0 Å². The highest BCUT2D eigenvalue weighted by Crippen LogP contribution is 2.39. The lowest BCUT2D eigenvalue weighted by Crippen LogP contribution is -2.12. The Balaban J connectivity index is 1.87. The van der Waals surface area contributed by atoms with Crippen LogP contribution in [0, 0.1) is 6.92 Å². The van der Waals surface area contributed by atoms with Gasteiger partial charge in [0.2, 0.25) is 0 Å². The van der Waals surface area contributed by atoms with Crippen molar-refractivity contribution < 1.29 is 0 Å². The van der Waals surface area contributed by atoms with Gasteiger partial charge in [0.15, 0.2) is 0 Å². The summed E-state index contributed by atoms with van der Waals surface area (Å²) in [4.78, 5) is 16.3. The number of rotatable bonds is 4. The fourth-order valence-electron chi connectivity index (χ4n) is 1.96. The minimum absolute atomic E-state index is 0.0479. The van der Waals surface area contributed by atoms with E-state index in [2.05, 4.69) is 25.3 Å². The Morgan fingerprint density at radius 1 is 1.42 bits per heavy atom. The molecule has 1 aliphatic rings. The van der Waals surface area contributed by atoms with Gasteiger partial charge in [-0.05, 0) is 26.7 Å². The van der Waals surface area contributed by atoms with E-state index in [1.165, 1.54) is 0 Å². The number of nitrogens with one attached hydrogen (secondary N) is 2. The van der Waals surface area contributed by atoms with Gasteiger partial charge < -0.3 is 10.3 Å². The number of nitrogens with zero attached hydrogens (tertiary/aromatic N) is 3. The van der Waals surface area contributed by atoms with Gasteiger partial charge in [0.05, 0.1) is 6.04 Å². The summed E-state index contributed by atoms with van der Waals surface area (Å²) in [5.74, 6) is 3.01. The maximum atomic E-state index is 6.18. The molecule has 1 atom stereocenters. The van der Waals surface area contributed by atoms with Crippen LogP contribution in [-0.4, -0.2) is 19.9 Å². The van der Waals surface area contributed by atoms with Crippen molar-refractivity contribution in [2.45, 2.75) is 38.6 Å². The molecule has 0 saturated heterocycles. The van der Waals surface area contributed by atoms with Gasteiger partial charge in [0.25, 0.3) is 0 Å². The Morgan fingerprint density at radius 3 is 2.84 bits per heavy atom. The summed E-state index contributed by atoms with van der Waals surface area (Å²) in [7, 11) is 0. The van der Waals surface area contributed by atoms with Crippen molar-refractivity contribution >= 4 is 17.4 Å². The van der Waals surface area contributed by atoms with Crippen molar-refractivity contribution in [1.29, 1.82) is 0 Å². The summed E-state index contributed by atoms with van der Waals surface area (Å²) in [5.41, 5.74) is 0.879. The van der Waals surface area contributed by atoms with Crippen molar-refractivity contribution in [2.24, 2.45) is 0 Å². The number of imidazole rings is 1. The average Bonchev–Trinajstić information content (AvgIpc) is 3.09. The van der Waals surface area contributed by atoms with Gasteiger partial charge >= 0.3 is 0 Å². The second kappa shape index (κ2) is 4.81. The summed E-state index contributed by atoms with van der Waals surface area (Å²) in [6.45, 7) is 3.96. The third-order valence-electron chi connectivity index (χ3n) is 3.33. The number of H-pyrrole nitrogens is 1. The SMILES string of the molecule is Cc1c(Cl)nc(C2CC2)nc1NC(C)c1ncc[nH]1. The monoisotopic (exact) mass is 277 g/mol. The largest absolute Gasteiger partial charge is 0.360 e. The summed E-state index contributed by atoms with van der Waals surface area (Å²) >= 11 is 6.18. The Kier molecular flexibility index (Phi) is 3.14. The van der Waals surface area contributed by atoms with Gasteiger partial charge in [-0.2, -0.15) is 0 Å². The number of hydrogen-bond acceptors (Lipinski definition) is 4. The van der Waals surface area contributed by atoms with Crippen molar-refractivity contribution in [3.05, 3.63) is 34.8 Å². The number of hydrogen-bond donors (Lipinski definition) is 2. The fraction of sp³-hybridized carbons (Fsp3) is 0.462. The zero-order valence-electron chi connectivity index (χ0n) is 10.9. The minimum atomic E-state index is 0.0479. The molecule has 2 aromatic heterocycles. The number of halogens is 1. The van der Waals surface area contributed by atoms with E-state index >= 15 is 0 Å². The molecule has 0 bridgehead atoms. The maximum absolute atomic E-state index is 6.18. The van der Waals surface area contributed by atoms with Gasteiger partial charge in [0.1, 0.15) is 22.6 Å². The van der Waals surface area contributed by atoms with Crippen molar-refractivity contribution in [2.75, 3.05) is 5.32 Å². The van der Waals surface area contributed by atoms with Crippen molar-refractivity contribution in [3.63, 3.8) is 0 Å². The second-order valence-electron chi connectivity index (χ2n) is 4.96. The van der Waals surface area contributed by atoms with Crippen LogP contribution in [0.25, 0.3) is 0 Å². The van der Waals surface area contributed by atoms with Crippen LogP contribution in [0.5, 0.6) is 0 Å². The molecule has 3 rings (SSSR count). The first-order valence-electron chi connectivity index (χ1n) is 6.45. The molecule has 1 saturated carbocycles. The molecular weight excluding hydrogens is 262 g/mol. The number of aromatic nitrogens is 4. The predicted octanol–water partition coefficient (Wildman–Crippen LogP) is 3.21. The molecule has 2 N–H and O–H groups in total. The molecule has 1 fully saturated rings. The van der Waals surface area contributed by atoms with E-state index in [0.29, 0.717) is 11.1 Å². The van der Waals surface area contributed by atoms with Crippen LogP contribution in [0.2, 0.25) is 5.15 Å². The molecule has 0 aromatic carbocycles. The predicted molar refractivity (Wildman–Crippen MR) is 74.4 cm³/mol. The molecule has 2 aromatic rings. The van der Waals surface area contributed by atoms with Gasteiger partial charge in [-0.1, -0.05) is 11.6 Å². The molecule has 0 radical (unpaired) electrons. The highest BCUT2D eigenvalue weighted by atomic mass is 35.5. The standard InChI is InChI=1S/C13H16ClN5/c1-7-10(14)18-13(9-3-4-9)19-11(7)17-8(2)12-15-5-6-16-12/h5-6,8-9H,3-4H2,1-2H3,(H,15,16)(H,17,18,19). The highest BCUT2D eigenvalue weighted by Gasteiger charge is 2.28. The molecule has 1 aliphatic carbocycles. The molecule has 1 unspecified atom stereocenters. The normalized spacial score (nSPS) is 16.4. The summed E-state index contributed by atoms with van der Waals surface area (Å²) < 4.78 is 0. The van der Waals surface area contributed by atoms with E-state index in [4.69, 9.17) is 11.6 Å². The van der Waals surface area contributed by atoms with Crippen LogP contribution >= 0.6 is 11.6 Å². The van der Waals surface area contributed by atoms with Crippen LogP contribution < -0.4 is 5.32 Å². The molecule has 2 heterocycles. The molecular formula is C13H16ClN5. The minimum Gasteiger partial charge on any atom is -0.360 e. The average molecular weight is 278 g/mol. The van der Waals surface area contributed by atoms with E-state index in [9.17, 15) is 0 Å². The van der Waals surface area contributed by atoms with Crippen LogP contribution in [0.4, 0.5) is 5.82 Å². The van der Waals surface area contributed by atoms with E-state index in [0.717, 1.165) is 35.9 Å². The summed E-state index contributed by atoms with van der Waals surface area (Å²) in [6, 6.07) is 0.0479. The van der Waals surface area contributed by atoms with Crippen molar-refractivity contribution in [3.8, 4) is 0 Å². The summed E-state index contributed by atoms with van der Waals surface area (Å²) in [6.07, 6.45) is 5.87. The first-order chi connectivity index (χ1) is 9.15. The van der Waals surface area contributed by atoms with E-state index in [1.54, 1.807) is 6.20 Å². The lowest BCUT2D eigenvalue weighted by molar-refractivity contribution is 0.793. The van der Waals surface area contributed by atoms with E-state index in [-0.39, 0.29) is 6.04 Å². The highest BCUT2D eigenvalue weighted by molar-refractivity contribution is 6.30. The topological polar surface area (TPSA) is 66.5 Å². The van der Waals surface area contributed by atoms with Gasteiger partial charge in [-0.3, -0.25) is 0 Å². The van der Waals surface area contributed by atoms with Crippen molar-refractivity contribution in [1.82, 2.24) is 19.9 Å². The Hall–Kier alpha value is -1.62. The molecule has 100 valence electrons. The van der Waals surface area contributed by atoms with Crippen LogP contribution in [0.1, 0.15) is 48.9 Å². The lowest BCUT2D eigenvalue weighted by atomic mass is 10.2. The Morgan fingerprint density at radius 2 is 2.21 bits per heavy atom. The number of anilines is 1. The third-order valence-corrected chi connectivity index (χ3v) is 3.70.